The van der Waals surface area contributed by atoms with Crippen LogP contribution in [0.5, 0.6) is 0 Å². The quantitative estimate of drug-likeness (QED) is 0.524. The van der Waals surface area contributed by atoms with Crippen LogP contribution >= 0.6 is 11.6 Å². The van der Waals surface area contributed by atoms with E-state index in [-0.39, 0.29) is 10.9 Å². The molecule has 3 aromatic carbocycles. The number of carbonyl (C=O) groups is 1. The van der Waals surface area contributed by atoms with Crippen molar-refractivity contribution in [3.05, 3.63) is 89.2 Å². The van der Waals surface area contributed by atoms with E-state index in [4.69, 9.17) is 11.6 Å². The Labute approximate surface area is 159 Å². The smallest absolute Gasteiger partial charge is 0.258 e. The zero-order valence-electron chi connectivity index (χ0n) is 14.0. The fraction of sp³-hybridized carbons (Fsp3) is 0. The van der Waals surface area contributed by atoms with E-state index in [1.165, 1.54) is 18.2 Å². The molecule has 0 unspecified atom stereocenters. The second kappa shape index (κ2) is 7.13. The highest BCUT2D eigenvalue weighted by molar-refractivity contribution is 6.31. The SMILES string of the molecule is O=C(Nc1ccc(F)c(Cl)c1)c1c(-c2ccccc2)nnc2ccccc12. The van der Waals surface area contributed by atoms with Crippen LogP contribution in [0.1, 0.15) is 10.4 Å². The molecule has 0 saturated heterocycles. The normalized spacial score (nSPS) is 10.7. The van der Waals surface area contributed by atoms with Gasteiger partial charge in [-0.05, 0) is 24.3 Å². The van der Waals surface area contributed by atoms with Gasteiger partial charge in [0.15, 0.2) is 0 Å². The lowest BCUT2D eigenvalue weighted by Crippen LogP contribution is -2.15. The Balaban J connectivity index is 1.85. The summed E-state index contributed by atoms with van der Waals surface area (Å²) in [4.78, 5) is 13.1. The van der Waals surface area contributed by atoms with E-state index in [1.807, 2.05) is 48.5 Å². The number of nitrogens with one attached hydrogen (secondary N) is 1. The van der Waals surface area contributed by atoms with Gasteiger partial charge in [0.05, 0.1) is 16.1 Å². The minimum Gasteiger partial charge on any atom is -0.322 e. The number of benzene rings is 3. The van der Waals surface area contributed by atoms with E-state index in [0.29, 0.717) is 27.8 Å². The monoisotopic (exact) mass is 377 g/mol. The van der Waals surface area contributed by atoms with E-state index in [9.17, 15) is 9.18 Å². The van der Waals surface area contributed by atoms with Gasteiger partial charge in [0, 0.05) is 16.6 Å². The number of halogens is 2. The molecule has 0 spiro atoms. The van der Waals surface area contributed by atoms with Crippen LogP contribution in [0.3, 0.4) is 0 Å². The number of hydrogen-bond acceptors (Lipinski definition) is 3. The molecule has 4 aromatic rings. The molecule has 0 aliphatic carbocycles. The minimum absolute atomic E-state index is 0.0613. The van der Waals surface area contributed by atoms with Crippen molar-refractivity contribution in [2.45, 2.75) is 0 Å². The first-order valence-corrected chi connectivity index (χ1v) is 8.58. The van der Waals surface area contributed by atoms with Crippen molar-refractivity contribution in [1.82, 2.24) is 10.2 Å². The van der Waals surface area contributed by atoms with Crippen LogP contribution in [-0.2, 0) is 0 Å². The van der Waals surface area contributed by atoms with Gasteiger partial charge in [0.1, 0.15) is 11.5 Å². The molecule has 4 nitrogen and oxygen atoms in total. The molecule has 132 valence electrons. The molecule has 0 atom stereocenters. The van der Waals surface area contributed by atoms with Crippen LogP contribution in [0, 0.1) is 5.82 Å². The third-order valence-corrected chi connectivity index (χ3v) is 4.41. The van der Waals surface area contributed by atoms with Crippen LogP contribution in [0.15, 0.2) is 72.8 Å². The molecule has 0 fully saturated rings. The molecular formula is C21H13ClFN3O. The highest BCUT2D eigenvalue weighted by Crippen LogP contribution is 2.28. The second-order valence-corrected chi connectivity index (χ2v) is 6.30. The van der Waals surface area contributed by atoms with Crippen LogP contribution in [0.4, 0.5) is 10.1 Å². The lowest BCUT2D eigenvalue weighted by Gasteiger charge is -2.12. The van der Waals surface area contributed by atoms with Crippen LogP contribution in [-0.4, -0.2) is 16.1 Å². The highest BCUT2D eigenvalue weighted by atomic mass is 35.5. The number of rotatable bonds is 3. The number of nitrogens with zero attached hydrogens (tertiary/aromatic N) is 2. The summed E-state index contributed by atoms with van der Waals surface area (Å²) in [6.07, 6.45) is 0. The summed E-state index contributed by atoms with van der Waals surface area (Å²) in [6.45, 7) is 0. The second-order valence-electron chi connectivity index (χ2n) is 5.89. The number of amides is 1. The molecule has 27 heavy (non-hydrogen) atoms. The molecule has 0 aliphatic heterocycles. The van der Waals surface area contributed by atoms with Crippen LogP contribution < -0.4 is 5.32 Å². The molecule has 1 heterocycles. The fourth-order valence-corrected chi connectivity index (χ4v) is 3.03. The van der Waals surface area contributed by atoms with Gasteiger partial charge >= 0.3 is 0 Å². The van der Waals surface area contributed by atoms with E-state index >= 15 is 0 Å². The van der Waals surface area contributed by atoms with Gasteiger partial charge in [-0.1, -0.05) is 60.1 Å². The van der Waals surface area contributed by atoms with Crippen molar-refractivity contribution in [3.8, 4) is 11.3 Å². The van der Waals surface area contributed by atoms with Gasteiger partial charge < -0.3 is 5.32 Å². The van der Waals surface area contributed by atoms with Gasteiger partial charge in [-0.2, -0.15) is 0 Å². The van der Waals surface area contributed by atoms with Crippen molar-refractivity contribution < 1.29 is 9.18 Å². The Bertz CT molecular complexity index is 1150. The standard InChI is InChI=1S/C21H13ClFN3O/c22-16-12-14(10-11-17(16)23)24-21(27)19-15-8-4-5-9-18(15)25-26-20(19)13-6-2-1-3-7-13/h1-12H,(H,24,27). The molecule has 0 radical (unpaired) electrons. The van der Waals surface area contributed by atoms with Crippen molar-refractivity contribution >= 4 is 34.1 Å². The van der Waals surface area contributed by atoms with Crippen molar-refractivity contribution in [3.63, 3.8) is 0 Å². The van der Waals surface area contributed by atoms with Gasteiger partial charge in [-0.3, -0.25) is 4.79 Å². The summed E-state index contributed by atoms with van der Waals surface area (Å²) in [5.74, 6) is -0.918. The third-order valence-electron chi connectivity index (χ3n) is 4.12. The number of aromatic nitrogens is 2. The molecule has 6 heteroatoms. The van der Waals surface area contributed by atoms with E-state index < -0.39 is 5.82 Å². The summed E-state index contributed by atoms with van der Waals surface area (Å²) in [6, 6.07) is 20.7. The lowest BCUT2D eigenvalue weighted by atomic mass is 10.0. The average Bonchev–Trinajstić information content (AvgIpc) is 2.70. The summed E-state index contributed by atoms with van der Waals surface area (Å²) in [7, 11) is 0. The van der Waals surface area contributed by atoms with Crippen molar-refractivity contribution in [2.24, 2.45) is 0 Å². The molecule has 1 amide bonds. The molecule has 0 saturated carbocycles. The zero-order valence-corrected chi connectivity index (χ0v) is 14.7. The third kappa shape index (κ3) is 3.37. The van der Waals surface area contributed by atoms with E-state index in [1.54, 1.807) is 6.07 Å². The highest BCUT2D eigenvalue weighted by Gasteiger charge is 2.19. The number of fused-ring (bicyclic) bond motifs is 1. The molecule has 0 aliphatic rings. The Morgan fingerprint density at radius 3 is 2.44 bits per heavy atom. The van der Waals surface area contributed by atoms with Crippen LogP contribution in [0.2, 0.25) is 5.02 Å². The first-order chi connectivity index (χ1) is 13.1. The van der Waals surface area contributed by atoms with Crippen LogP contribution in [0.25, 0.3) is 22.2 Å². The largest absolute Gasteiger partial charge is 0.322 e. The maximum atomic E-state index is 13.4. The topological polar surface area (TPSA) is 54.9 Å². The van der Waals surface area contributed by atoms with Gasteiger partial charge in [-0.15, -0.1) is 10.2 Å². The maximum Gasteiger partial charge on any atom is 0.258 e. The number of hydrogen-bond donors (Lipinski definition) is 1. The van der Waals surface area contributed by atoms with Crippen molar-refractivity contribution in [2.75, 3.05) is 5.32 Å². The van der Waals surface area contributed by atoms with Crippen molar-refractivity contribution in [1.29, 1.82) is 0 Å². The minimum atomic E-state index is -0.546. The molecule has 1 aromatic heterocycles. The molecule has 4 rings (SSSR count). The van der Waals surface area contributed by atoms with E-state index in [2.05, 4.69) is 15.5 Å². The van der Waals surface area contributed by atoms with Gasteiger partial charge in [0.25, 0.3) is 5.91 Å². The molecule has 0 bridgehead atoms. The Hall–Kier alpha value is -3.31. The number of carbonyl (C=O) groups excluding carboxylic acids is 1. The summed E-state index contributed by atoms with van der Waals surface area (Å²) in [5.41, 5.74) is 2.65. The first kappa shape index (κ1) is 17.1. The lowest BCUT2D eigenvalue weighted by molar-refractivity contribution is 0.102. The maximum absolute atomic E-state index is 13.4. The molecular weight excluding hydrogens is 365 g/mol. The number of anilines is 1. The predicted octanol–water partition coefficient (Wildman–Crippen LogP) is 5.34. The van der Waals surface area contributed by atoms with Gasteiger partial charge in [0.2, 0.25) is 0 Å². The first-order valence-electron chi connectivity index (χ1n) is 8.21. The molecule has 1 N–H and O–H groups in total. The Morgan fingerprint density at radius 1 is 0.926 bits per heavy atom. The summed E-state index contributed by atoms with van der Waals surface area (Å²) >= 11 is 5.82. The predicted molar refractivity (Wildman–Crippen MR) is 104 cm³/mol. The fourth-order valence-electron chi connectivity index (χ4n) is 2.85. The zero-order chi connectivity index (χ0) is 18.8. The summed E-state index contributed by atoms with van der Waals surface area (Å²) < 4.78 is 13.4. The summed E-state index contributed by atoms with van der Waals surface area (Å²) in [5, 5.41) is 11.9. The Morgan fingerprint density at radius 2 is 1.67 bits per heavy atom. The Kier molecular flexibility index (Phi) is 4.52. The average molecular weight is 378 g/mol. The van der Waals surface area contributed by atoms with E-state index in [0.717, 1.165) is 5.56 Å². The van der Waals surface area contributed by atoms with Gasteiger partial charge in [-0.25, -0.2) is 4.39 Å².